The molecule has 0 bridgehead atoms. The van der Waals surface area contributed by atoms with Gasteiger partial charge in [-0.25, -0.2) is 9.37 Å². The molecule has 106 valence electrons. The van der Waals surface area contributed by atoms with Gasteiger partial charge in [0.25, 0.3) is 0 Å². The number of nitrogen functional groups attached to an aromatic ring is 1. The third-order valence-electron chi connectivity index (χ3n) is 2.81. The zero-order chi connectivity index (χ0) is 14.5. The first-order chi connectivity index (χ1) is 9.63. The summed E-state index contributed by atoms with van der Waals surface area (Å²) in [7, 11) is 2.97. The van der Waals surface area contributed by atoms with Crippen LogP contribution in [0.3, 0.4) is 0 Å². The maximum atomic E-state index is 13.4. The summed E-state index contributed by atoms with van der Waals surface area (Å²) >= 11 is 0. The number of benzene rings is 1. The molecule has 1 aromatic heterocycles. The van der Waals surface area contributed by atoms with Crippen molar-refractivity contribution in [1.29, 1.82) is 0 Å². The van der Waals surface area contributed by atoms with Crippen molar-refractivity contribution < 1.29 is 13.9 Å². The first-order valence-corrected chi connectivity index (χ1v) is 6.00. The lowest BCUT2D eigenvalue weighted by Gasteiger charge is -2.12. The van der Waals surface area contributed by atoms with Crippen molar-refractivity contribution in [2.45, 2.75) is 6.54 Å². The first-order valence-electron chi connectivity index (χ1n) is 6.00. The number of rotatable bonds is 5. The fraction of sp³-hybridized carbons (Fsp3) is 0.214. The number of aromatic nitrogens is 1. The Hall–Kier alpha value is -2.50. The lowest BCUT2D eigenvalue weighted by molar-refractivity contribution is 0.387. The number of pyridine rings is 1. The van der Waals surface area contributed by atoms with Gasteiger partial charge in [-0.1, -0.05) is 6.07 Å². The number of anilines is 2. The Kier molecular flexibility index (Phi) is 4.24. The average molecular weight is 277 g/mol. The fourth-order valence-corrected chi connectivity index (χ4v) is 1.71. The zero-order valence-electron chi connectivity index (χ0n) is 11.3. The van der Waals surface area contributed by atoms with E-state index in [9.17, 15) is 4.39 Å². The predicted molar refractivity (Wildman–Crippen MR) is 75.5 cm³/mol. The van der Waals surface area contributed by atoms with Crippen LogP contribution in [0.1, 0.15) is 5.56 Å². The molecule has 0 unspecified atom stereocenters. The molecular formula is C14H16FN3O2. The topological polar surface area (TPSA) is 69.4 Å². The molecule has 0 aliphatic carbocycles. The molecule has 0 spiro atoms. The van der Waals surface area contributed by atoms with Gasteiger partial charge in [-0.2, -0.15) is 0 Å². The highest BCUT2D eigenvalue weighted by Crippen LogP contribution is 2.28. The Bertz CT molecular complexity index is 588. The van der Waals surface area contributed by atoms with Crippen LogP contribution in [0.5, 0.6) is 11.6 Å². The molecule has 3 N–H and O–H groups in total. The molecule has 0 radical (unpaired) electrons. The van der Waals surface area contributed by atoms with E-state index >= 15 is 0 Å². The van der Waals surface area contributed by atoms with Gasteiger partial charge in [-0.3, -0.25) is 0 Å². The highest BCUT2D eigenvalue weighted by molar-refractivity contribution is 5.68. The zero-order valence-corrected chi connectivity index (χ0v) is 11.3. The van der Waals surface area contributed by atoms with Crippen molar-refractivity contribution in [2.75, 3.05) is 25.3 Å². The van der Waals surface area contributed by atoms with Crippen LogP contribution in [0, 0.1) is 5.82 Å². The molecule has 1 aromatic carbocycles. The molecule has 2 aromatic rings. The van der Waals surface area contributed by atoms with Crippen LogP contribution in [0.25, 0.3) is 0 Å². The minimum atomic E-state index is -0.485. The second kappa shape index (κ2) is 6.10. The Morgan fingerprint density at radius 2 is 2.05 bits per heavy atom. The van der Waals surface area contributed by atoms with Gasteiger partial charge in [-0.05, 0) is 5.56 Å². The van der Waals surface area contributed by atoms with Gasteiger partial charge in [0.2, 0.25) is 5.88 Å². The number of methoxy groups -OCH3 is 2. The molecule has 0 fully saturated rings. The van der Waals surface area contributed by atoms with E-state index in [4.69, 9.17) is 15.2 Å². The van der Waals surface area contributed by atoms with Crippen molar-refractivity contribution in [3.63, 3.8) is 0 Å². The number of hydrogen-bond donors (Lipinski definition) is 2. The Morgan fingerprint density at radius 3 is 2.65 bits per heavy atom. The standard InChI is InChI=1S/C14H16FN3O2/c1-19-13-6-12(11(16)5-10(13)15)17-7-9-3-4-14(20-2)18-8-9/h3-6,8,17H,7,16H2,1-2H3. The van der Waals surface area contributed by atoms with Gasteiger partial charge in [0.15, 0.2) is 11.6 Å². The molecule has 0 aliphatic rings. The summed E-state index contributed by atoms with van der Waals surface area (Å²) in [5.41, 5.74) is 7.65. The van der Waals surface area contributed by atoms with E-state index in [2.05, 4.69) is 10.3 Å². The molecule has 0 aliphatic heterocycles. The van der Waals surface area contributed by atoms with E-state index in [0.717, 1.165) is 5.56 Å². The molecular weight excluding hydrogens is 261 g/mol. The second-order valence-electron chi connectivity index (χ2n) is 4.14. The summed E-state index contributed by atoms with van der Waals surface area (Å²) in [6.07, 6.45) is 1.70. The summed E-state index contributed by atoms with van der Waals surface area (Å²) in [4.78, 5) is 4.10. The second-order valence-corrected chi connectivity index (χ2v) is 4.14. The maximum Gasteiger partial charge on any atom is 0.212 e. The smallest absolute Gasteiger partial charge is 0.212 e. The highest BCUT2D eigenvalue weighted by Gasteiger charge is 2.08. The van der Waals surface area contributed by atoms with Crippen LogP contribution in [-0.4, -0.2) is 19.2 Å². The summed E-state index contributed by atoms with van der Waals surface area (Å²) < 4.78 is 23.3. The van der Waals surface area contributed by atoms with Crippen LogP contribution in [0.2, 0.25) is 0 Å². The highest BCUT2D eigenvalue weighted by atomic mass is 19.1. The summed E-state index contributed by atoms with van der Waals surface area (Å²) in [6.45, 7) is 0.510. The van der Waals surface area contributed by atoms with E-state index in [0.29, 0.717) is 23.8 Å². The van der Waals surface area contributed by atoms with Crippen LogP contribution in [0.15, 0.2) is 30.5 Å². The molecule has 0 saturated heterocycles. The van der Waals surface area contributed by atoms with Gasteiger partial charge < -0.3 is 20.5 Å². The minimum absolute atomic E-state index is 0.148. The van der Waals surface area contributed by atoms with Gasteiger partial charge in [0.1, 0.15) is 0 Å². The molecule has 1 heterocycles. The predicted octanol–water partition coefficient (Wildman–Crippen LogP) is 2.43. The lowest BCUT2D eigenvalue weighted by Crippen LogP contribution is -2.04. The number of hydrogen-bond acceptors (Lipinski definition) is 5. The van der Waals surface area contributed by atoms with Crippen LogP contribution in [0.4, 0.5) is 15.8 Å². The van der Waals surface area contributed by atoms with Gasteiger partial charge >= 0.3 is 0 Å². The number of nitrogens with two attached hydrogens (primary N) is 1. The monoisotopic (exact) mass is 277 g/mol. The maximum absolute atomic E-state index is 13.4. The van der Waals surface area contributed by atoms with Crippen molar-refractivity contribution in [3.05, 3.63) is 41.8 Å². The van der Waals surface area contributed by atoms with E-state index in [1.165, 1.54) is 19.2 Å². The van der Waals surface area contributed by atoms with Crippen LogP contribution in [-0.2, 0) is 6.54 Å². The first kappa shape index (κ1) is 13.9. The Balaban J connectivity index is 2.09. The molecule has 5 nitrogen and oxygen atoms in total. The normalized spacial score (nSPS) is 10.2. The number of nitrogens with zero attached hydrogens (tertiary/aromatic N) is 1. The number of ether oxygens (including phenoxy) is 2. The van der Waals surface area contributed by atoms with E-state index in [-0.39, 0.29) is 5.75 Å². The lowest BCUT2D eigenvalue weighted by atomic mass is 10.2. The largest absolute Gasteiger partial charge is 0.494 e. The molecule has 0 saturated carbocycles. The molecule has 0 atom stereocenters. The summed E-state index contributed by atoms with van der Waals surface area (Å²) in [5, 5.41) is 3.12. The van der Waals surface area contributed by atoms with Crippen molar-refractivity contribution in [2.24, 2.45) is 0 Å². The average Bonchev–Trinajstić information content (AvgIpc) is 2.47. The van der Waals surface area contributed by atoms with Gasteiger partial charge in [0.05, 0.1) is 25.6 Å². The Labute approximate surface area is 116 Å². The van der Waals surface area contributed by atoms with Crippen LogP contribution >= 0.6 is 0 Å². The Morgan fingerprint density at radius 1 is 1.25 bits per heavy atom. The molecule has 6 heteroatoms. The summed E-state index contributed by atoms with van der Waals surface area (Å²) in [5.74, 6) is 0.216. The van der Waals surface area contributed by atoms with Gasteiger partial charge in [0, 0.05) is 30.9 Å². The fourth-order valence-electron chi connectivity index (χ4n) is 1.71. The minimum Gasteiger partial charge on any atom is -0.494 e. The third-order valence-corrected chi connectivity index (χ3v) is 2.81. The molecule has 0 amide bonds. The molecule has 20 heavy (non-hydrogen) atoms. The van der Waals surface area contributed by atoms with Crippen molar-refractivity contribution >= 4 is 11.4 Å². The third kappa shape index (κ3) is 3.09. The van der Waals surface area contributed by atoms with Crippen molar-refractivity contribution in [3.8, 4) is 11.6 Å². The van der Waals surface area contributed by atoms with E-state index < -0.39 is 5.82 Å². The number of nitrogens with one attached hydrogen (secondary N) is 1. The molecule has 2 rings (SSSR count). The van der Waals surface area contributed by atoms with Crippen LogP contribution < -0.4 is 20.5 Å². The van der Waals surface area contributed by atoms with E-state index in [1.807, 2.05) is 6.07 Å². The summed E-state index contributed by atoms with van der Waals surface area (Å²) in [6, 6.07) is 6.41. The van der Waals surface area contributed by atoms with Gasteiger partial charge in [-0.15, -0.1) is 0 Å². The van der Waals surface area contributed by atoms with Crippen molar-refractivity contribution in [1.82, 2.24) is 4.98 Å². The quantitative estimate of drug-likeness (QED) is 0.821. The SMILES string of the molecule is COc1ccc(CNc2cc(OC)c(F)cc2N)cn1. The number of halogens is 1. The van der Waals surface area contributed by atoms with E-state index in [1.54, 1.807) is 19.4 Å².